The van der Waals surface area contributed by atoms with Crippen molar-refractivity contribution in [1.82, 2.24) is 15.5 Å². The molecule has 180 valence electrons. The van der Waals surface area contributed by atoms with Gasteiger partial charge in [-0.3, -0.25) is 9.89 Å². The molecular weight excluding hydrogens is 495 g/mol. The summed E-state index contributed by atoms with van der Waals surface area (Å²) in [7, 11) is 0. The monoisotopic (exact) mass is 507 g/mol. The predicted octanol–water partition coefficient (Wildman–Crippen LogP) is 5.64. The van der Waals surface area contributed by atoms with Crippen molar-refractivity contribution in [2.24, 2.45) is 4.99 Å². The van der Waals surface area contributed by atoms with Gasteiger partial charge >= 0.3 is 12.4 Å². The standard InChI is InChI=1S/C20H13ClF7N5O/c21-13-7-10(1-6-14(13)22)9-29-18(30-16-8-15(32-33-16)20(26,27)28)31-17(34)11-2-4-12(5-3-11)19(23,24)25/h1-8H,9H2,(H3,29,30,31,32,33,34). The summed E-state index contributed by atoms with van der Waals surface area (Å²) in [6, 6.07) is 7.52. The minimum atomic E-state index is -4.71. The highest BCUT2D eigenvalue weighted by atomic mass is 35.5. The number of nitrogens with one attached hydrogen (secondary N) is 3. The van der Waals surface area contributed by atoms with Crippen molar-refractivity contribution >= 4 is 29.3 Å². The zero-order valence-electron chi connectivity index (χ0n) is 16.7. The maximum atomic E-state index is 13.3. The van der Waals surface area contributed by atoms with E-state index in [2.05, 4.69) is 20.7 Å². The average Bonchev–Trinajstić information content (AvgIpc) is 3.23. The second-order valence-electron chi connectivity index (χ2n) is 6.73. The summed E-state index contributed by atoms with van der Waals surface area (Å²) in [6.07, 6.45) is -9.32. The van der Waals surface area contributed by atoms with Crippen LogP contribution in [0.1, 0.15) is 27.2 Å². The molecule has 2 aromatic carbocycles. The molecule has 0 bridgehead atoms. The molecule has 0 atom stereocenters. The van der Waals surface area contributed by atoms with E-state index in [-0.39, 0.29) is 28.9 Å². The van der Waals surface area contributed by atoms with E-state index in [0.717, 1.165) is 18.2 Å². The zero-order valence-corrected chi connectivity index (χ0v) is 17.4. The Morgan fingerprint density at radius 3 is 2.24 bits per heavy atom. The molecule has 0 radical (unpaired) electrons. The molecule has 14 heteroatoms. The van der Waals surface area contributed by atoms with E-state index in [9.17, 15) is 35.5 Å². The summed E-state index contributed by atoms with van der Waals surface area (Å²) in [6.45, 7) is -0.0946. The molecule has 0 fully saturated rings. The number of H-pyrrole nitrogens is 1. The molecule has 1 aromatic heterocycles. The molecule has 34 heavy (non-hydrogen) atoms. The number of nitrogens with zero attached hydrogens (tertiary/aromatic N) is 2. The minimum Gasteiger partial charge on any atom is -0.352 e. The molecule has 0 saturated carbocycles. The summed E-state index contributed by atoms with van der Waals surface area (Å²) in [5, 5.41) is 10.1. The van der Waals surface area contributed by atoms with Crippen LogP contribution in [0, 0.1) is 5.82 Å². The fourth-order valence-corrected chi connectivity index (χ4v) is 2.77. The van der Waals surface area contributed by atoms with E-state index in [1.165, 1.54) is 12.1 Å². The van der Waals surface area contributed by atoms with Crippen LogP contribution in [-0.2, 0) is 18.9 Å². The molecular formula is C20H13ClF7N5O. The van der Waals surface area contributed by atoms with E-state index in [1.807, 2.05) is 0 Å². The highest BCUT2D eigenvalue weighted by Gasteiger charge is 2.33. The number of alkyl halides is 6. The quantitative estimate of drug-likeness (QED) is 0.243. The fourth-order valence-electron chi connectivity index (χ4n) is 2.57. The maximum absolute atomic E-state index is 13.3. The van der Waals surface area contributed by atoms with Crippen molar-refractivity contribution in [2.75, 3.05) is 5.32 Å². The molecule has 6 nitrogen and oxygen atoms in total. The number of aromatic amines is 1. The Labute approximate surface area is 191 Å². The number of carbonyl (C=O) groups excluding carboxylic acids is 1. The lowest BCUT2D eigenvalue weighted by Gasteiger charge is -2.11. The molecule has 3 N–H and O–H groups in total. The largest absolute Gasteiger partial charge is 0.432 e. The van der Waals surface area contributed by atoms with Crippen LogP contribution in [0.15, 0.2) is 53.5 Å². The number of aromatic nitrogens is 2. The Hall–Kier alpha value is -3.61. The van der Waals surface area contributed by atoms with Crippen LogP contribution in [0.2, 0.25) is 5.02 Å². The highest BCUT2D eigenvalue weighted by molar-refractivity contribution is 6.30. The van der Waals surface area contributed by atoms with Crippen LogP contribution >= 0.6 is 11.6 Å². The van der Waals surface area contributed by atoms with E-state index >= 15 is 0 Å². The van der Waals surface area contributed by atoms with Gasteiger partial charge in [0.15, 0.2) is 5.82 Å². The fraction of sp³-hybridized carbons (Fsp3) is 0.150. The van der Waals surface area contributed by atoms with E-state index in [0.29, 0.717) is 23.8 Å². The van der Waals surface area contributed by atoms with E-state index in [1.54, 1.807) is 5.10 Å². The van der Waals surface area contributed by atoms with Gasteiger partial charge in [-0.05, 0) is 42.0 Å². The molecule has 0 saturated heterocycles. The molecule has 3 aromatic rings. The smallest absolute Gasteiger partial charge is 0.352 e. The van der Waals surface area contributed by atoms with Gasteiger partial charge in [-0.15, -0.1) is 0 Å². The van der Waals surface area contributed by atoms with Gasteiger partial charge in [0, 0.05) is 18.2 Å². The number of carbonyl (C=O) groups is 1. The summed E-state index contributed by atoms with van der Waals surface area (Å²) >= 11 is 5.71. The minimum absolute atomic E-state index is 0.0946. The molecule has 3 rings (SSSR count). The Bertz CT molecular complexity index is 1200. The summed E-state index contributed by atoms with van der Waals surface area (Å²) in [5.41, 5.74) is -1.93. The number of anilines is 1. The van der Waals surface area contributed by atoms with Crippen molar-refractivity contribution in [3.05, 3.63) is 81.8 Å². The SMILES string of the molecule is O=C(/N=C(/NCc1ccc(F)c(Cl)c1)Nc1cc(C(F)(F)F)[nH]n1)c1ccc(C(F)(F)F)cc1. The Kier molecular flexibility index (Phi) is 7.15. The van der Waals surface area contributed by atoms with Crippen LogP contribution in [-0.4, -0.2) is 22.1 Å². The van der Waals surface area contributed by atoms with E-state index in [4.69, 9.17) is 11.6 Å². The molecule has 0 spiro atoms. The van der Waals surface area contributed by atoms with Gasteiger partial charge in [-0.25, -0.2) is 4.39 Å². The van der Waals surface area contributed by atoms with Gasteiger partial charge in [0.05, 0.1) is 10.6 Å². The number of amides is 1. The number of aliphatic imine (C=N–C) groups is 1. The first-order valence-electron chi connectivity index (χ1n) is 9.20. The Morgan fingerprint density at radius 1 is 1.00 bits per heavy atom. The van der Waals surface area contributed by atoms with Gasteiger partial charge in [0.2, 0.25) is 5.96 Å². The van der Waals surface area contributed by atoms with Gasteiger partial charge in [0.1, 0.15) is 11.5 Å². The van der Waals surface area contributed by atoms with Crippen LogP contribution < -0.4 is 10.6 Å². The number of hydrogen-bond acceptors (Lipinski definition) is 2. The molecule has 1 amide bonds. The number of hydrogen-bond donors (Lipinski definition) is 3. The molecule has 0 aliphatic rings. The van der Waals surface area contributed by atoms with E-state index < -0.39 is 35.3 Å². The number of halogens is 8. The lowest BCUT2D eigenvalue weighted by molar-refractivity contribution is -0.141. The second-order valence-corrected chi connectivity index (χ2v) is 7.14. The van der Waals surface area contributed by atoms with Crippen LogP contribution in [0.25, 0.3) is 0 Å². The lowest BCUT2D eigenvalue weighted by Crippen LogP contribution is -2.31. The average molecular weight is 508 g/mol. The third-order valence-electron chi connectivity index (χ3n) is 4.25. The number of rotatable bonds is 4. The Balaban J connectivity index is 1.84. The van der Waals surface area contributed by atoms with Crippen LogP contribution in [0.5, 0.6) is 0 Å². The van der Waals surface area contributed by atoms with Gasteiger partial charge in [0.25, 0.3) is 5.91 Å². The first-order valence-corrected chi connectivity index (χ1v) is 9.58. The second kappa shape index (κ2) is 9.71. The molecule has 0 unspecified atom stereocenters. The van der Waals surface area contributed by atoms with Gasteiger partial charge < -0.3 is 10.6 Å². The highest BCUT2D eigenvalue weighted by Crippen LogP contribution is 2.30. The predicted molar refractivity (Wildman–Crippen MR) is 109 cm³/mol. The molecule has 0 aliphatic heterocycles. The first kappa shape index (κ1) is 25.0. The van der Waals surface area contributed by atoms with Crippen molar-refractivity contribution in [3.8, 4) is 0 Å². The van der Waals surface area contributed by atoms with Gasteiger partial charge in [-0.2, -0.15) is 36.4 Å². The van der Waals surface area contributed by atoms with Crippen molar-refractivity contribution in [2.45, 2.75) is 18.9 Å². The topological polar surface area (TPSA) is 82.2 Å². The summed E-state index contributed by atoms with van der Waals surface area (Å²) in [4.78, 5) is 16.1. The summed E-state index contributed by atoms with van der Waals surface area (Å²) < 4.78 is 89.9. The van der Waals surface area contributed by atoms with Crippen molar-refractivity contribution < 1.29 is 35.5 Å². The normalized spacial score (nSPS) is 12.5. The summed E-state index contributed by atoms with van der Waals surface area (Å²) in [5.74, 6) is -2.39. The van der Waals surface area contributed by atoms with Crippen molar-refractivity contribution in [1.29, 1.82) is 0 Å². The lowest BCUT2D eigenvalue weighted by atomic mass is 10.1. The molecule has 1 heterocycles. The van der Waals surface area contributed by atoms with Crippen LogP contribution in [0.4, 0.5) is 36.6 Å². The number of guanidine groups is 1. The Morgan fingerprint density at radius 2 is 1.68 bits per heavy atom. The molecule has 0 aliphatic carbocycles. The third-order valence-corrected chi connectivity index (χ3v) is 4.54. The zero-order chi connectivity index (χ0) is 25.1. The van der Waals surface area contributed by atoms with Crippen molar-refractivity contribution in [3.63, 3.8) is 0 Å². The third kappa shape index (κ3) is 6.47. The van der Waals surface area contributed by atoms with Gasteiger partial charge in [-0.1, -0.05) is 17.7 Å². The first-order chi connectivity index (χ1) is 15.8. The number of benzene rings is 2. The van der Waals surface area contributed by atoms with Crippen LogP contribution in [0.3, 0.4) is 0 Å². The maximum Gasteiger partial charge on any atom is 0.432 e.